The molecule has 0 aliphatic heterocycles. The predicted octanol–water partition coefficient (Wildman–Crippen LogP) is 5.33. The van der Waals surface area contributed by atoms with Crippen molar-refractivity contribution in [2.24, 2.45) is 0 Å². The summed E-state index contributed by atoms with van der Waals surface area (Å²) in [7, 11) is 0. The zero-order valence-electron chi connectivity index (χ0n) is 16.3. The Kier molecular flexibility index (Phi) is 7.60. The van der Waals surface area contributed by atoms with Crippen molar-refractivity contribution in [2.75, 3.05) is 6.61 Å². The van der Waals surface area contributed by atoms with Gasteiger partial charge in [0.05, 0.1) is 22.3 Å². The number of fused-ring (bicyclic) bond motifs is 1. The maximum Gasteiger partial charge on any atom is 0.251 e. The van der Waals surface area contributed by atoms with Gasteiger partial charge in [-0.25, -0.2) is 9.37 Å². The third-order valence-corrected chi connectivity index (χ3v) is 5.07. The van der Waals surface area contributed by atoms with Gasteiger partial charge in [0.2, 0.25) is 0 Å². The molecule has 0 aliphatic rings. The molecular formula is C23H23FN2O2S. The van der Waals surface area contributed by atoms with E-state index in [0.29, 0.717) is 17.7 Å². The fourth-order valence-electron chi connectivity index (χ4n) is 2.72. The van der Waals surface area contributed by atoms with E-state index in [1.165, 1.54) is 11.3 Å². The lowest BCUT2D eigenvalue weighted by atomic mass is 10.1. The van der Waals surface area contributed by atoms with Gasteiger partial charge in [0.1, 0.15) is 0 Å². The Balaban J connectivity index is 1.53. The molecule has 2 aromatic carbocycles. The highest BCUT2D eigenvalue weighted by Gasteiger charge is 2.12. The lowest BCUT2D eigenvalue weighted by Crippen LogP contribution is -2.23. The normalized spacial score (nSPS) is 10.4. The Morgan fingerprint density at radius 1 is 1.24 bits per heavy atom. The van der Waals surface area contributed by atoms with Crippen molar-refractivity contribution >= 4 is 27.5 Å². The number of rotatable bonds is 8. The molecule has 0 saturated carbocycles. The number of nitrogens with zero attached hydrogens (tertiary/aromatic N) is 1. The topological polar surface area (TPSA) is 51.2 Å². The van der Waals surface area contributed by atoms with Crippen molar-refractivity contribution in [3.05, 3.63) is 58.9 Å². The first-order valence-electron chi connectivity index (χ1n) is 9.66. The number of thiazole rings is 1. The summed E-state index contributed by atoms with van der Waals surface area (Å²) in [6.07, 6.45) is 3.44. The average molecular weight is 411 g/mol. The largest absolute Gasteiger partial charge is 0.490 e. The molecule has 0 aliphatic carbocycles. The molecule has 1 amide bonds. The highest BCUT2D eigenvalue weighted by atomic mass is 32.1. The number of hydrogen-bond donors (Lipinski definition) is 1. The SMILES string of the molecule is CCCC#CCCCOc1cccc(CNC(=O)c2ccc3ncsc3c2)c1F. The van der Waals surface area contributed by atoms with Crippen LogP contribution in [0.5, 0.6) is 5.75 Å². The van der Waals surface area contributed by atoms with Gasteiger partial charge in [0.25, 0.3) is 5.91 Å². The number of carbonyl (C=O) groups excluding carboxylic acids is 1. The molecule has 0 radical (unpaired) electrons. The zero-order chi connectivity index (χ0) is 20.5. The number of nitrogens with one attached hydrogen (secondary N) is 1. The third-order valence-electron chi connectivity index (χ3n) is 4.28. The Morgan fingerprint density at radius 2 is 2.10 bits per heavy atom. The van der Waals surface area contributed by atoms with Gasteiger partial charge in [-0.1, -0.05) is 19.1 Å². The van der Waals surface area contributed by atoms with Crippen LogP contribution in [0.2, 0.25) is 0 Å². The molecular weight excluding hydrogens is 387 g/mol. The molecule has 6 heteroatoms. The van der Waals surface area contributed by atoms with Gasteiger partial charge < -0.3 is 10.1 Å². The van der Waals surface area contributed by atoms with Crippen LogP contribution in [0.4, 0.5) is 4.39 Å². The molecule has 4 nitrogen and oxygen atoms in total. The van der Waals surface area contributed by atoms with Crippen molar-refractivity contribution in [3.8, 4) is 17.6 Å². The zero-order valence-corrected chi connectivity index (χ0v) is 17.2. The molecule has 3 rings (SSSR count). The number of carbonyl (C=O) groups is 1. The van der Waals surface area contributed by atoms with Crippen molar-refractivity contribution < 1.29 is 13.9 Å². The lowest BCUT2D eigenvalue weighted by molar-refractivity contribution is 0.0950. The molecule has 0 atom stereocenters. The van der Waals surface area contributed by atoms with Gasteiger partial charge in [-0.2, -0.15) is 0 Å². The molecule has 1 N–H and O–H groups in total. The fraction of sp³-hybridized carbons (Fsp3) is 0.304. The van der Waals surface area contributed by atoms with E-state index in [2.05, 4.69) is 29.1 Å². The summed E-state index contributed by atoms with van der Waals surface area (Å²) in [6, 6.07) is 10.3. The predicted molar refractivity (Wildman–Crippen MR) is 115 cm³/mol. The van der Waals surface area contributed by atoms with E-state index in [1.54, 1.807) is 35.8 Å². The minimum absolute atomic E-state index is 0.0884. The second-order valence-corrected chi connectivity index (χ2v) is 7.39. The van der Waals surface area contributed by atoms with Crippen LogP contribution in [0, 0.1) is 17.7 Å². The first-order valence-corrected chi connectivity index (χ1v) is 10.5. The van der Waals surface area contributed by atoms with Gasteiger partial charge in [0.15, 0.2) is 11.6 Å². The van der Waals surface area contributed by atoms with E-state index in [-0.39, 0.29) is 18.2 Å². The minimum atomic E-state index is -0.442. The molecule has 0 unspecified atom stereocenters. The van der Waals surface area contributed by atoms with Gasteiger partial charge in [-0.05, 0) is 37.1 Å². The number of aromatic nitrogens is 1. The average Bonchev–Trinajstić information content (AvgIpc) is 3.21. The monoisotopic (exact) mass is 410 g/mol. The Hall–Kier alpha value is -2.91. The van der Waals surface area contributed by atoms with Gasteiger partial charge in [-0.3, -0.25) is 4.79 Å². The van der Waals surface area contributed by atoms with Gasteiger partial charge in [0, 0.05) is 30.5 Å². The van der Waals surface area contributed by atoms with E-state index >= 15 is 0 Å². The number of benzene rings is 2. The summed E-state index contributed by atoms with van der Waals surface area (Å²) in [5, 5.41) is 2.77. The maximum atomic E-state index is 14.7. The summed E-state index contributed by atoms with van der Waals surface area (Å²) in [6.45, 7) is 2.59. The first kappa shape index (κ1) is 20.8. The Labute approximate surface area is 174 Å². The van der Waals surface area contributed by atoms with Crippen molar-refractivity contribution in [3.63, 3.8) is 0 Å². The molecule has 1 heterocycles. The van der Waals surface area contributed by atoms with Crippen molar-refractivity contribution in [2.45, 2.75) is 39.2 Å². The summed E-state index contributed by atoms with van der Waals surface area (Å²) >= 11 is 1.48. The molecule has 0 fully saturated rings. The van der Waals surface area contributed by atoms with Crippen LogP contribution in [-0.2, 0) is 6.54 Å². The summed E-state index contributed by atoms with van der Waals surface area (Å²) in [5.41, 5.74) is 3.51. The summed E-state index contributed by atoms with van der Waals surface area (Å²) in [4.78, 5) is 16.6. The van der Waals surface area contributed by atoms with Gasteiger partial charge >= 0.3 is 0 Å². The molecule has 0 bridgehead atoms. The molecule has 29 heavy (non-hydrogen) atoms. The maximum absolute atomic E-state index is 14.7. The second kappa shape index (κ2) is 10.6. The van der Waals surface area contributed by atoms with Crippen LogP contribution >= 0.6 is 11.3 Å². The lowest BCUT2D eigenvalue weighted by Gasteiger charge is -2.11. The molecule has 150 valence electrons. The Morgan fingerprint density at radius 3 is 2.97 bits per heavy atom. The van der Waals surface area contributed by atoms with E-state index in [0.717, 1.165) is 35.9 Å². The van der Waals surface area contributed by atoms with Crippen LogP contribution < -0.4 is 10.1 Å². The number of unbranched alkanes of at least 4 members (excludes halogenated alkanes) is 2. The Bertz CT molecular complexity index is 1040. The van der Waals surface area contributed by atoms with E-state index in [1.807, 2.05) is 6.07 Å². The molecule has 0 saturated heterocycles. The van der Waals surface area contributed by atoms with Crippen LogP contribution in [0.1, 0.15) is 48.5 Å². The first-order chi connectivity index (χ1) is 14.2. The van der Waals surface area contributed by atoms with E-state index in [4.69, 9.17) is 4.74 Å². The molecule has 0 spiro atoms. The van der Waals surface area contributed by atoms with Crippen LogP contribution in [0.25, 0.3) is 10.2 Å². The number of hydrogen-bond acceptors (Lipinski definition) is 4. The minimum Gasteiger partial charge on any atom is -0.490 e. The summed E-state index contributed by atoms with van der Waals surface area (Å²) < 4.78 is 21.2. The highest BCUT2D eigenvalue weighted by Crippen LogP contribution is 2.22. The smallest absolute Gasteiger partial charge is 0.251 e. The van der Waals surface area contributed by atoms with Crippen LogP contribution in [-0.4, -0.2) is 17.5 Å². The number of halogens is 1. The van der Waals surface area contributed by atoms with Crippen molar-refractivity contribution in [1.82, 2.24) is 10.3 Å². The van der Waals surface area contributed by atoms with E-state index < -0.39 is 5.82 Å². The standard InChI is InChI=1S/C23H23FN2O2S/c1-2-3-4-5-6-7-13-28-20-10-8-9-18(22(20)24)15-25-23(27)17-11-12-19-21(14-17)29-16-26-19/h8-12,14,16H,2-3,6-7,13,15H2,1H3,(H,25,27). The molecule has 1 aromatic heterocycles. The third kappa shape index (κ3) is 5.78. The van der Waals surface area contributed by atoms with Crippen molar-refractivity contribution in [1.29, 1.82) is 0 Å². The fourth-order valence-corrected chi connectivity index (χ4v) is 3.44. The van der Waals surface area contributed by atoms with Crippen LogP contribution in [0.3, 0.4) is 0 Å². The van der Waals surface area contributed by atoms with E-state index in [9.17, 15) is 9.18 Å². The summed E-state index contributed by atoms with van der Waals surface area (Å²) in [5.74, 6) is 5.67. The second-order valence-electron chi connectivity index (χ2n) is 6.50. The van der Waals surface area contributed by atoms with Gasteiger partial charge in [-0.15, -0.1) is 23.2 Å². The highest BCUT2D eigenvalue weighted by molar-refractivity contribution is 7.16. The van der Waals surface area contributed by atoms with Crippen LogP contribution in [0.15, 0.2) is 41.9 Å². The molecule has 3 aromatic rings. The quantitative estimate of drug-likeness (QED) is 0.403. The number of ether oxygens (including phenoxy) is 1. The number of amides is 1.